The Hall–Kier alpha value is -0.452. The molecule has 0 aromatic heterocycles. The molecule has 0 bridgehead atoms. The maximum absolute atomic E-state index is 11.2. The summed E-state index contributed by atoms with van der Waals surface area (Å²) in [6.45, 7) is 2.38. The molecule has 0 saturated heterocycles. The van der Waals surface area contributed by atoms with Crippen molar-refractivity contribution in [1.82, 2.24) is 0 Å². The maximum Gasteiger partial charge on any atom is 0.321 e. The van der Waals surface area contributed by atoms with E-state index in [9.17, 15) is 9.59 Å². The minimum Gasteiger partial charge on any atom is -0.480 e. The van der Waals surface area contributed by atoms with Crippen LogP contribution in [0.25, 0.3) is 0 Å². The number of rotatable bonds is 6. The summed E-state index contributed by atoms with van der Waals surface area (Å²) in [6.07, 6.45) is 1.27. The van der Waals surface area contributed by atoms with Gasteiger partial charge in [-0.3, -0.25) is 9.59 Å². The summed E-state index contributed by atoms with van der Waals surface area (Å²) < 4.78 is 0. The fourth-order valence-electron chi connectivity index (χ4n) is 2.53. The van der Waals surface area contributed by atoms with E-state index in [1.165, 1.54) is 0 Å². The predicted molar refractivity (Wildman–Crippen MR) is 61.2 cm³/mol. The molecular weight excluding hydrogens is 419 g/mol. The summed E-state index contributed by atoms with van der Waals surface area (Å²) in [5, 5.41) is 18.2. The minimum atomic E-state index is -1.69. The van der Waals surface area contributed by atoms with E-state index in [-0.39, 0.29) is 33.4 Å². The number of carboxylic acid groups (broad SMARTS) is 2. The molecule has 0 aromatic carbocycles. The van der Waals surface area contributed by atoms with Crippen molar-refractivity contribution in [3.8, 4) is 0 Å². The van der Waals surface area contributed by atoms with Gasteiger partial charge in [0.15, 0.2) is 5.41 Å². The van der Waals surface area contributed by atoms with Crippen LogP contribution in [-0.4, -0.2) is 34.7 Å². The first-order valence-corrected chi connectivity index (χ1v) is 5.78. The van der Waals surface area contributed by atoms with Gasteiger partial charge in [-0.15, -0.1) is 0 Å². The number of hydrogen-bond donors (Lipinski definition) is 4. The van der Waals surface area contributed by atoms with Crippen LogP contribution in [-0.2, 0) is 30.7 Å². The molecule has 1 rings (SSSR count). The van der Waals surface area contributed by atoms with Gasteiger partial charge in [-0.25, -0.2) is 0 Å². The van der Waals surface area contributed by atoms with Gasteiger partial charge in [-0.05, 0) is 31.7 Å². The molecule has 1 saturated carbocycles. The van der Waals surface area contributed by atoms with Crippen LogP contribution in [0.15, 0.2) is 0 Å². The van der Waals surface area contributed by atoms with Gasteiger partial charge in [-0.1, -0.05) is 6.92 Å². The SMILES string of the molecule is CC(CN)C[C@H](N)C1CCC1(C(=O)O)C(=O)O.[Pt]. The van der Waals surface area contributed by atoms with E-state index in [0.29, 0.717) is 19.4 Å². The summed E-state index contributed by atoms with van der Waals surface area (Å²) in [5.74, 6) is -2.88. The molecule has 1 aliphatic carbocycles. The first kappa shape index (κ1) is 17.5. The zero-order valence-electron chi connectivity index (χ0n) is 10.2. The topological polar surface area (TPSA) is 127 Å². The van der Waals surface area contributed by atoms with Gasteiger partial charge < -0.3 is 21.7 Å². The van der Waals surface area contributed by atoms with Crippen molar-refractivity contribution in [3.05, 3.63) is 0 Å². The summed E-state index contributed by atoms with van der Waals surface area (Å²) in [4.78, 5) is 22.3. The monoisotopic (exact) mass is 439 g/mol. The van der Waals surface area contributed by atoms with Crippen LogP contribution >= 0.6 is 0 Å². The number of hydrogen-bond acceptors (Lipinski definition) is 4. The predicted octanol–water partition coefficient (Wildman–Crippen LogP) is -0.138. The zero-order chi connectivity index (χ0) is 13.2. The van der Waals surface area contributed by atoms with E-state index >= 15 is 0 Å². The Morgan fingerprint density at radius 2 is 1.89 bits per heavy atom. The van der Waals surface area contributed by atoms with Gasteiger partial charge in [0.1, 0.15) is 0 Å². The van der Waals surface area contributed by atoms with Gasteiger partial charge in [0.05, 0.1) is 0 Å². The van der Waals surface area contributed by atoms with Gasteiger partial charge in [0.2, 0.25) is 0 Å². The van der Waals surface area contributed by atoms with Gasteiger partial charge in [0, 0.05) is 33.0 Å². The Morgan fingerprint density at radius 3 is 2.17 bits per heavy atom. The first-order chi connectivity index (χ1) is 7.86. The van der Waals surface area contributed by atoms with Crippen LogP contribution in [0.1, 0.15) is 26.2 Å². The van der Waals surface area contributed by atoms with Crippen LogP contribution < -0.4 is 11.5 Å². The Kier molecular flexibility index (Phi) is 6.47. The van der Waals surface area contributed by atoms with Crippen molar-refractivity contribution < 1.29 is 40.9 Å². The smallest absolute Gasteiger partial charge is 0.321 e. The standard InChI is InChI=1S/C11H20N2O4.Pt/c1-6(5-12)4-8(13)7-2-3-11(7,9(14)15)10(16)17;/h6-8H,2-5,12-13H2,1H3,(H,14,15)(H,16,17);/t6?,7?,8-;/m0./s1. The van der Waals surface area contributed by atoms with Crippen molar-refractivity contribution >= 4 is 11.9 Å². The van der Waals surface area contributed by atoms with Crippen molar-refractivity contribution in [2.45, 2.75) is 32.2 Å². The Labute approximate surface area is 120 Å². The van der Waals surface area contributed by atoms with Crippen LogP contribution in [0.5, 0.6) is 0 Å². The molecule has 6 nitrogen and oxygen atoms in total. The normalized spacial score (nSPS) is 24.3. The minimum absolute atomic E-state index is 0. The Morgan fingerprint density at radius 1 is 1.39 bits per heavy atom. The molecule has 3 atom stereocenters. The van der Waals surface area contributed by atoms with Crippen molar-refractivity contribution in [2.24, 2.45) is 28.7 Å². The Balaban J connectivity index is 0.00000289. The molecule has 0 aromatic rings. The van der Waals surface area contributed by atoms with Crippen molar-refractivity contribution in [3.63, 3.8) is 0 Å². The van der Waals surface area contributed by atoms with Crippen LogP contribution in [0, 0.1) is 17.3 Å². The van der Waals surface area contributed by atoms with Crippen LogP contribution in [0.4, 0.5) is 0 Å². The quantitative estimate of drug-likeness (QED) is 0.427. The van der Waals surface area contributed by atoms with Crippen LogP contribution in [0.2, 0.25) is 0 Å². The molecule has 6 N–H and O–H groups in total. The third-order valence-electron chi connectivity index (χ3n) is 3.84. The molecule has 0 amide bonds. The van der Waals surface area contributed by atoms with E-state index in [0.717, 1.165) is 0 Å². The molecular formula is C11H20N2O4Pt. The third kappa shape index (κ3) is 2.92. The number of aliphatic carboxylic acids is 2. The van der Waals surface area contributed by atoms with E-state index in [2.05, 4.69) is 0 Å². The van der Waals surface area contributed by atoms with E-state index in [1.807, 2.05) is 6.92 Å². The molecule has 18 heavy (non-hydrogen) atoms. The van der Waals surface area contributed by atoms with Crippen molar-refractivity contribution in [1.29, 1.82) is 0 Å². The largest absolute Gasteiger partial charge is 0.480 e. The second-order valence-electron chi connectivity index (χ2n) is 4.97. The van der Waals surface area contributed by atoms with Crippen molar-refractivity contribution in [2.75, 3.05) is 6.54 Å². The molecule has 7 heteroatoms. The fourth-order valence-corrected chi connectivity index (χ4v) is 2.53. The third-order valence-corrected chi connectivity index (χ3v) is 3.84. The second kappa shape index (κ2) is 6.64. The van der Waals surface area contributed by atoms with Gasteiger partial charge in [-0.2, -0.15) is 0 Å². The van der Waals surface area contributed by atoms with E-state index in [4.69, 9.17) is 21.7 Å². The molecule has 1 fully saturated rings. The number of carbonyl (C=O) groups is 2. The molecule has 0 heterocycles. The van der Waals surface area contributed by atoms with Gasteiger partial charge in [0.25, 0.3) is 0 Å². The average molecular weight is 439 g/mol. The average Bonchev–Trinajstić information content (AvgIpc) is 2.14. The summed E-state index contributed by atoms with van der Waals surface area (Å²) >= 11 is 0. The molecule has 0 radical (unpaired) electrons. The summed E-state index contributed by atoms with van der Waals surface area (Å²) in [6, 6.07) is -0.422. The maximum atomic E-state index is 11.2. The van der Waals surface area contributed by atoms with E-state index < -0.39 is 29.3 Å². The Bertz CT molecular complexity index is 310. The molecule has 0 aliphatic heterocycles. The van der Waals surface area contributed by atoms with Crippen LogP contribution in [0.3, 0.4) is 0 Å². The fraction of sp³-hybridized carbons (Fsp3) is 0.818. The van der Waals surface area contributed by atoms with E-state index in [1.54, 1.807) is 0 Å². The molecule has 0 spiro atoms. The molecule has 1 aliphatic rings. The molecule has 2 unspecified atom stereocenters. The number of nitrogens with two attached hydrogens (primary N) is 2. The number of carboxylic acids is 2. The second-order valence-corrected chi connectivity index (χ2v) is 4.97. The van der Waals surface area contributed by atoms with Gasteiger partial charge >= 0.3 is 11.9 Å². The summed E-state index contributed by atoms with van der Waals surface area (Å²) in [7, 11) is 0. The molecule has 108 valence electrons. The summed E-state index contributed by atoms with van der Waals surface area (Å²) in [5.41, 5.74) is 9.72. The first-order valence-electron chi connectivity index (χ1n) is 5.78. The zero-order valence-corrected chi connectivity index (χ0v) is 12.5.